The van der Waals surface area contributed by atoms with Gasteiger partial charge in [0.2, 0.25) is 0 Å². The topological polar surface area (TPSA) is 77.0 Å². The van der Waals surface area contributed by atoms with Crippen molar-refractivity contribution in [3.63, 3.8) is 0 Å². The summed E-state index contributed by atoms with van der Waals surface area (Å²) in [5.74, 6) is 0.754. The van der Waals surface area contributed by atoms with Gasteiger partial charge in [-0.25, -0.2) is 4.79 Å². The first-order chi connectivity index (χ1) is 15.4. The lowest BCUT2D eigenvalue weighted by Crippen LogP contribution is -2.31. The summed E-state index contributed by atoms with van der Waals surface area (Å²) in [6.07, 6.45) is 0.417. The normalized spacial score (nSPS) is 12.8. The van der Waals surface area contributed by atoms with Gasteiger partial charge in [0.15, 0.2) is 0 Å². The Morgan fingerprint density at radius 3 is 2.27 bits per heavy atom. The van der Waals surface area contributed by atoms with Gasteiger partial charge in [-0.15, -0.1) is 0 Å². The van der Waals surface area contributed by atoms with E-state index in [0.717, 1.165) is 17.7 Å². The predicted octanol–water partition coefficient (Wildman–Crippen LogP) is 4.73. The highest BCUT2D eigenvalue weighted by molar-refractivity contribution is 5.92. The quantitative estimate of drug-likeness (QED) is 0.475. The zero-order valence-corrected chi connectivity index (χ0v) is 21.0. The number of aliphatic hydroxyl groups excluding tert-OH is 1. The maximum Gasteiger partial charge on any atom is 0.341 e. The average Bonchev–Trinajstić information content (AvgIpc) is 2.75. The highest BCUT2D eigenvalue weighted by atomic mass is 16.5. The van der Waals surface area contributed by atoms with Gasteiger partial charge < -0.3 is 24.6 Å². The van der Waals surface area contributed by atoms with Gasteiger partial charge in [-0.3, -0.25) is 0 Å². The Hall–Kier alpha value is -2.57. The lowest BCUT2D eigenvalue weighted by molar-refractivity contribution is 0.0597. The molecule has 0 saturated heterocycles. The standard InChI is InChI=1S/C27H39NO5/c1-26(2,3)18-27(4,5)20-9-11-22(12-10-20)33-17-21(29)16-28-15-19-8-13-24(31-6)23(14-19)25(30)32-7/h8-14,21,28-29H,15-18H2,1-7H3/t21-/m1/s1. The molecule has 33 heavy (non-hydrogen) atoms. The molecule has 6 nitrogen and oxygen atoms in total. The molecule has 6 heteroatoms. The Balaban J connectivity index is 1.83. The molecule has 0 unspecified atom stereocenters. The van der Waals surface area contributed by atoms with Crippen molar-refractivity contribution in [3.8, 4) is 11.5 Å². The lowest BCUT2D eigenvalue weighted by atomic mass is 9.72. The van der Waals surface area contributed by atoms with E-state index in [-0.39, 0.29) is 17.4 Å². The maximum absolute atomic E-state index is 11.9. The number of ether oxygens (including phenoxy) is 3. The van der Waals surface area contributed by atoms with E-state index in [1.54, 1.807) is 12.1 Å². The molecular weight excluding hydrogens is 418 g/mol. The van der Waals surface area contributed by atoms with Gasteiger partial charge in [0.25, 0.3) is 0 Å². The van der Waals surface area contributed by atoms with E-state index in [0.29, 0.717) is 24.4 Å². The molecule has 0 radical (unpaired) electrons. The first kappa shape index (κ1) is 26.7. The third-order valence-electron chi connectivity index (χ3n) is 5.43. The van der Waals surface area contributed by atoms with Crippen molar-refractivity contribution in [3.05, 3.63) is 59.2 Å². The predicted molar refractivity (Wildman–Crippen MR) is 131 cm³/mol. The molecule has 0 aliphatic carbocycles. The number of carbonyl (C=O) groups excluding carboxylic acids is 1. The Morgan fingerprint density at radius 2 is 1.70 bits per heavy atom. The van der Waals surface area contributed by atoms with Crippen LogP contribution in [0.5, 0.6) is 11.5 Å². The third-order valence-corrected chi connectivity index (χ3v) is 5.43. The zero-order chi connectivity index (χ0) is 24.6. The van der Waals surface area contributed by atoms with Crippen LogP contribution in [-0.2, 0) is 16.7 Å². The van der Waals surface area contributed by atoms with Gasteiger partial charge in [-0.2, -0.15) is 0 Å². The molecule has 0 aliphatic rings. The second-order valence-electron chi connectivity index (χ2n) is 10.3. The zero-order valence-electron chi connectivity index (χ0n) is 21.0. The monoisotopic (exact) mass is 457 g/mol. The molecule has 2 rings (SSSR count). The molecule has 0 amide bonds. The van der Waals surface area contributed by atoms with Crippen molar-refractivity contribution >= 4 is 5.97 Å². The molecule has 0 spiro atoms. The van der Waals surface area contributed by atoms with Crippen LogP contribution in [0.4, 0.5) is 0 Å². The molecular formula is C27H39NO5. The van der Waals surface area contributed by atoms with Crippen molar-refractivity contribution in [1.82, 2.24) is 5.32 Å². The van der Waals surface area contributed by atoms with Crippen molar-refractivity contribution in [1.29, 1.82) is 0 Å². The van der Waals surface area contributed by atoms with Gasteiger partial charge >= 0.3 is 5.97 Å². The summed E-state index contributed by atoms with van der Waals surface area (Å²) in [7, 11) is 2.85. The number of nitrogens with one attached hydrogen (secondary N) is 1. The van der Waals surface area contributed by atoms with Crippen LogP contribution in [0.1, 0.15) is 62.5 Å². The molecule has 2 N–H and O–H groups in total. The molecule has 2 aromatic carbocycles. The summed E-state index contributed by atoms with van der Waals surface area (Å²) in [6.45, 7) is 12.3. The SMILES string of the molecule is COC(=O)c1cc(CNC[C@@H](O)COc2ccc(C(C)(C)CC(C)(C)C)cc2)ccc1OC. The van der Waals surface area contributed by atoms with Gasteiger partial charge in [0.1, 0.15) is 29.8 Å². The summed E-state index contributed by atoms with van der Waals surface area (Å²) >= 11 is 0. The average molecular weight is 458 g/mol. The molecule has 182 valence electrons. The number of rotatable bonds is 11. The fourth-order valence-electron chi connectivity index (χ4n) is 4.20. The number of carbonyl (C=O) groups is 1. The highest BCUT2D eigenvalue weighted by Crippen LogP contribution is 2.36. The van der Waals surface area contributed by atoms with Crippen LogP contribution in [0.15, 0.2) is 42.5 Å². The van der Waals surface area contributed by atoms with Crippen molar-refractivity contribution in [2.24, 2.45) is 5.41 Å². The minimum absolute atomic E-state index is 0.0788. The third kappa shape index (κ3) is 8.37. The number of aliphatic hydroxyl groups is 1. The van der Waals surface area contributed by atoms with Crippen molar-refractivity contribution < 1.29 is 24.1 Å². The van der Waals surface area contributed by atoms with Crippen LogP contribution in [-0.4, -0.2) is 44.6 Å². The minimum Gasteiger partial charge on any atom is -0.496 e. The van der Waals surface area contributed by atoms with Crippen molar-refractivity contribution in [2.75, 3.05) is 27.4 Å². The first-order valence-electron chi connectivity index (χ1n) is 11.3. The Bertz CT molecular complexity index is 900. The summed E-state index contributed by atoms with van der Waals surface area (Å²) in [5, 5.41) is 13.5. The molecule has 0 saturated carbocycles. The van der Waals surface area contributed by atoms with Crippen LogP contribution >= 0.6 is 0 Å². The largest absolute Gasteiger partial charge is 0.496 e. The second-order valence-corrected chi connectivity index (χ2v) is 10.3. The maximum atomic E-state index is 11.9. The Labute approximate surface area is 198 Å². The fraction of sp³-hybridized carbons (Fsp3) is 0.519. The molecule has 0 aliphatic heterocycles. The highest BCUT2D eigenvalue weighted by Gasteiger charge is 2.27. The molecule has 1 atom stereocenters. The minimum atomic E-state index is -0.666. The van der Waals surface area contributed by atoms with E-state index in [4.69, 9.17) is 14.2 Å². The summed E-state index contributed by atoms with van der Waals surface area (Å²) in [6, 6.07) is 13.5. The van der Waals surface area contributed by atoms with E-state index >= 15 is 0 Å². The Kier molecular flexibility index (Phi) is 9.32. The summed E-state index contributed by atoms with van der Waals surface area (Å²) in [4.78, 5) is 11.9. The Morgan fingerprint density at radius 1 is 1.03 bits per heavy atom. The number of hydrogen-bond acceptors (Lipinski definition) is 6. The van der Waals surface area contributed by atoms with Crippen LogP contribution in [0.3, 0.4) is 0 Å². The van der Waals surface area contributed by atoms with E-state index in [1.165, 1.54) is 19.8 Å². The van der Waals surface area contributed by atoms with Gasteiger partial charge in [-0.05, 0) is 52.6 Å². The number of methoxy groups -OCH3 is 2. The van der Waals surface area contributed by atoms with Crippen LogP contribution in [0, 0.1) is 5.41 Å². The first-order valence-corrected chi connectivity index (χ1v) is 11.3. The molecule has 2 aromatic rings. The smallest absolute Gasteiger partial charge is 0.341 e. The van der Waals surface area contributed by atoms with Crippen LogP contribution < -0.4 is 14.8 Å². The van der Waals surface area contributed by atoms with Crippen LogP contribution in [0.25, 0.3) is 0 Å². The molecule has 0 heterocycles. The van der Waals surface area contributed by atoms with E-state index in [2.05, 4.69) is 52.1 Å². The molecule has 0 fully saturated rings. The van der Waals surface area contributed by atoms with E-state index in [9.17, 15) is 9.90 Å². The van der Waals surface area contributed by atoms with Gasteiger partial charge in [-0.1, -0.05) is 52.8 Å². The van der Waals surface area contributed by atoms with Crippen LogP contribution in [0.2, 0.25) is 0 Å². The van der Waals surface area contributed by atoms with Gasteiger partial charge in [0, 0.05) is 13.1 Å². The molecule has 0 bridgehead atoms. The number of benzene rings is 2. The second kappa shape index (κ2) is 11.5. The summed E-state index contributed by atoms with van der Waals surface area (Å²) < 4.78 is 15.8. The number of esters is 1. The lowest BCUT2D eigenvalue weighted by Gasteiger charge is -2.33. The number of hydrogen-bond donors (Lipinski definition) is 2. The van der Waals surface area contributed by atoms with E-state index < -0.39 is 12.1 Å². The fourth-order valence-corrected chi connectivity index (χ4v) is 4.20. The summed E-state index contributed by atoms with van der Waals surface area (Å²) in [5.41, 5.74) is 2.87. The van der Waals surface area contributed by atoms with Gasteiger partial charge in [0.05, 0.1) is 14.2 Å². The van der Waals surface area contributed by atoms with Crippen molar-refractivity contribution in [2.45, 2.75) is 59.1 Å². The van der Waals surface area contributed by atoms with E-state index in [1.807, 2.05) is 18.2 Å². The molecule has 0 aromatic heterocycles.